The van der Waals surface area contributed by atoms with Crippen LogP contribution in [0.4, 0.5) is 5.82 Å². The summed E-state index contributed by atoms with van der Waals surface area (Å²) < 4.78 is 5.14. The van der Waals surface area contributed by atoms with Crippen LogP contribution in [-0.4, -0.2) is 38.3 Å². The molecule has 0 aromatic carbocycles. The standard InChI is InChI=1S/C16H29N3O/c1-6-7-15-10-14(12-17-13(2)3)11-16(18-15)19(4)8-9-20-5/h10-11,13,17H,6-9,12H2,1-5H3. The molecule has 0 bridgehead atoms. The van der Waals surface area contributed by atoms with Gasteiger partial charge in [-0.3, -0.25) is 0 Å². The number of nitrogens with zero attached hydrogens (tertiary/aromatic N) is 2. The quantitative estimate of drug-likeness (QED) is 0.754. The van der Waals surface area contributed by atoms with Crippen LogP contribution in [0.5, 0.6) is 0 Å². The van der Waals surface area contributed by atoms with Crippen molar-refractivity contribution in [3.8, 4) is 0 Å². The van der Waals surface area contributed by atoms with Crippen LogP contribution in [0.2, 0.25) is 0 Å². The molecule has 4 heteroatoms. The molecule has 0 saturated carbocycles. The Morgan fingerprint density at radius 2 is 2.10 bits per heavy atom. The fraction of sp³-hybridized carbons (Fsp3) is 0.688. The van der Waals surface area contributed by atoms with Crippen LogP contribution in [0.3, 0.4) is 0 Å². The lowest BCUT2D eigenvalue weighted by Crippen LogP contribution is -2.25. The topological polar surface area (TPSA) is 37.4 Å². The summed E-state index contributed by atoms with van der Waals surface area (Å²) in [5, 5.41) is 3.47. The van der Waals surface area contributed by atoms with Crippen LogP contribution in [0.15, 0.2) is 12.1 Å². The number of likely N-dealkylation sites (N-methyl/N-ethyl adjacent to an activating group) is 1. The van der Waals surface area contributed by atoms with E-state index in [0.717, 1.165) is 38.4 Å². The van der Waals surface area contributed by atoms with Crippen LogP contribution in [-0.2, 0) is 17.7 Å². The Kier molecular flexibility index (Phi) is 7.55. The summed E-state index contributed by atoms with van der Waals surface area (Å²) in [5.41, 5.74) is 2.48. The van der Waals surface area contributed by atoms with Gasteiger partial charge in [0, 0.05) is 39.0 Å². The Morgan fingerprint density at radius 1 is 1.35 bits per heavy atom. The smallest absolute Gasteiger partial charge is 0.128 e. The largest absolute Gasteiger partial charge is 0.383 e. The maximum Gasteiger partial charge on any atom is 0.128 e. The van der Waals surface area contributed by atoms with E-state index in [-0.39, 0.29) is 0 Å². The highest BCUT2D eigenvalue weighted by atomic mass is 16.5. The lowest BCUT2D eigenvalue weighted by molar-refractivity contribution is 0.206. The van der Waals surface area contributed by atoms with Gasteiger partial charge in [0.1, 0.15) is 5.82 Å². The number of rotatable bonds is 9. The first-order chi connectivity index (χ1) is 9.56. The van der Waals surface area contributed by atoms with Gasteiger partial charge in [-0.15, -0.1) is 0 Å². The number of pyridine rings is 1. The SMILES string of the molecule is CCCc1cc(CNC(C)C)cc(N(C)CCOC)n1. The van der Waals surface area contributed by atoms with E-state index in [1.807, 2.05) is 0 Å². The summed E-state index contributed by atoms with van der Waals surface area (Å²) >= 11 is 0. The molecule has 1 aromatic heterocycles. The predicted octanol–water partition coefficient (Wildman–Crippen LogP) is 2.61. The number of hydrogen-bond acceptors (Lipinski definition) is 4. The molecule has 0 aliphatic carbocycles. The summed E-state index contributed by atoms with van der Waals surface area (Å²) in [6, 6.07) is 4.88. The first-order valence-electron chi connectivity index (χ1n) is 7.50. The van der Waals surface area contributed by atoms with Gasteiger partial charge in [-0.25, -0.2) is 4.98 Å². The van der Waals surface area contributed by atoms with Crippen molar-refractivity contribution in [2.45, 2.75) is 46.2 Å². The van der Waals surface area contributed by atoms with E-state index in [1.54, 1.807) is 7.11 Å². The van der Waals surface area contributed by atoms with Crippen molar-refractivity contribution in [1.82, 2.24) is 10.3 Å². The van der Waals surface area contributed by atoms with E-state index in [2.05, 4.69) is 50.2 Å². The van der Waals surface area contributed by atoms with Crippen molar-refractivity contribution in [3.63, 3.8) is 0 Å². The van der Waals surface area contributed by atoms with Crippen molar-refractivity contribution in [1.29, 1.82) is 0 Å². The molecule has 0 aliphatic rings. The third-order valence-electron chi connectivity index (χ3n) is 3.17. The molecule has 1 N–H and O–H groups in total. The maximum atomic E-state index is 5.14. The Balaban J connectivity index is 2.85. The number of nitrogens with one attached hydrogen (secondary N) is 1. The van der Waals surface area contributed by atoms with E-state index < -0.39 is 0 Å². The van der Waals surface area contributed by atoms with Gasteiger partial charge in [-0.2, -0.15) is 0 Å². The lowest BCUT2D eigenvalue weighted by Gasteiger charge is -2.20. The third-order valence-corrected chi connectivity index (χ3v) is 3.17. The molecular formula is C16H29N3O. The minimum atomic E-state index is 0.493. The summed E-state index contributed by atoms with van der Waals surface area (Å²) in [5.74, 6) is 1.04. The van der Waals surface area contributed by atoms with E-state index in [0.29, 0.717) is 6.04 Å². The second kappa shape index (κ2) is 8.93. The Labute approximate surface area is 123 Å². The highest BCUT2D eigenvalue weighted by Crippen LogP contribution is 2.15. The normalized spacial score (nSPS) is 11.1. The average Bonchev–Trinajstić information content (AvgIpc) is 2.42. The van der Waals surface area contributed by atoms with Crippen LogP contribution in [0.1, 0.15) is 38.4 Å². The Bertz CT molecular complexity index is 393. The van der Waals surface area contributed by atoms with Gasteiger partial charge in [-0.05, 0) is 24.1 Å². The number of aromatic nitrogens is 1. The third kappa shape index (κ3) is 5.88. The van der Waals surface area contributed by atoms with Gasteiger partial charge in [0.15, 0.2) is 0 Å². The summed E-state index contributed by atoms with van der Waals surface area (Å²) in [4.78, 5) is 6.90. The molecule has 0 unspecified atom stereocenters. The predicted molar refractivity (Wildman–Crippen MR) is 85.4 cm³/mol. The lowest BCUT2D eigenvalue weighted by atomic mass is 10.1. The van der Waals surface area contributed by atoms with Crippen molar-refractivity contribution < 1.29 is 4.74 Å². The number of ether oxygens (including phenoxy) is 1. The van der Waals surface area contributed by atoms with Gasteiger partial charge in [-0.1, -0.05) is 27.2 Å². The van der Waals surface area contributed by atoms with Crippen molar-refractivity contribution in [3.05, 3.63) is 23.4 Å². The maximum absolute atomic E-state index is 5.14. The first kappa shape index (κ1) is 16.9. The molecule has 0 fully saturated rings. The number of methoxy groups -OCH3 is 1. The Morgan fingerprint density at radius 3 is 2.70 bits per heavy atom. The van der Waals surface area contributed by atoms with Crippen molar-refractivity contribution >= 4 is 5.82 Å². The number of anilines is 1. The molecule has 1 heterocycles. The molecule has 0 atom stereocenters. The minimum Gasteiger partial charge on any atom is -0.383 e. The monoisotopic (exact) mass is 279 g/mol. The molecule has 1 aromatic rings. The van der Waals surface area contributed by atoms with Gasteiger partial charge < -0.3 is 15.0 Å². The zero-order valence-electron chi connectivity index (χ0n) is 13.6. The van der Waals surface area contributed by atoms with Crippen molar-refractivity contribution in [2.75, 3.05) is 32.2 Å². The van der Waals surface area contributed by atoms with Crippen LogP contribution >= 0.6 is 0 Å². The van der Waals surface area contributed by atoms with E-state index in [4.69, 9.17) is 9.72 Å². The summed E-state index contributed by atoms with van der Waals surface area (Å²) in [6.07, 6.45) is 2.15. The first-order valence-corrected chi connectivity index (χ1v) is 7.50. The molecule has 0 amide bonds. The molecule has 4 nitrogen and oxygen atoms in total. The molecule has 0 saturated heterocycles. The van der Waals surface area contributed by atoms with Crippen molar-refractivity contribution in [2.24, 2.45) is 0 Å². The van der Waals surface area contributed by atoms with Crippen LogP contribution in [0.25, 0.3) is 0 Å². The summed E-state index contributed by atoms with van der Waals surface area (Å²) in [6.45, 7) is 8.99. The molecular weight excluding hydrogens is 250 g/mol. The second-order valence-electron chi connectivity index (χ2n) is 5.52. The summed E-state index contributed by atoms with van der Waals surface area (Å²) in [7, 11) is 3.80. The second-order valence-corrected chi connectivity index (χ2v) is 5.52. The van der Waals surface area contributed by atoms with Gasteiger partial charge in [0.05, 0.1) is 6.61 Å². The fourth-order valence-electron chi connectivity index (χ4n) is 1.98. The highest BCUT2D eigenvalue weighted by molar-refractivity contribution is 5.42. The zero-order chi connectivity index (χ0) is 15.0. The molecule has 20 heavy (non-hydrogen) atoms. The van der Waals surface area contributed by atoms with Crippen LogP contribution in [0, 0.1) is 0 Å². The molecule has 1 rings (SSSR count). The molecule has 0 spiro atoms. The molecule has 0 aliphatic heterocycles. The van der Waals surface area contributed by atoms with E-state index in [9.17, 15) is 0 Å². The number of aryl methyl sites for hydroxylation is 1. The minimum absolute atomic E-state index is 0.493. The van der Waals surface area contributed by atoms with Gasteiger partial charge in [0.2, 0.25) is 0 Å². The highest BCUT2D eigenvalue weighted by Gasteiger charge is 2.07. The molecule has 0 radical (unpaired) electrons. The van der Waals surface area contributed by atoms with Gasteiger partial charge in [0.25, 0.3) is 0 Å². The zero-order valence-corrected chi connectivity index (χ0v) is 13.6. The average molecular weight is 279 g/mol. The molecule has 114 valence electrons. The van der Waals surface area contributed by atoms with Crippen LogP contribution < -0.4 is 10.2 Å². The van der Waals surface area contributed by atoms with Gasteiger partial charge >= 0.3 is 0 Å². The fourth-order valence-corrected chi connectivity index (χ4v) is 1.98. The van der Waals surface area contributed by atoms with E-state index >= 15 is 0 Å². The van der Waals surface area contributed by atoms with E-state index in [1.165, 1.54) is 11.3 Å². The number of hydrogen-bond donors (Lipinski definition) is 1. The Hall–Kier alpha value is -1.13.